The van der Waals surface area contributed by atoms with Crippen molar-refractivity contribution in [2.45, 2.75) is 26.1 Å². The second-order valence-electron chi connectivity index (χ2n) is 6.40. The molecular formula is C15H19FN2O4. The van der Waals surface area contributed by atoms with Crippen molar-refractivity contribution in [1.82, 2.24) is 0 Å². The van der Waals surface area contributed by atoms with Gasteiger partial charge in [0.2, 0.25) is 0 Å². The highest BCUT2D eigenvalue weighted by molar-refractivity contribution is 5.53. The SMILES string of the molecule is CC1(C)CN(c2ccc([N+](=O)[O-])cc2F)CCC12OCCO2. The Morgan fingerprint density at radius 3 is 2.55 bits per heavy atom. The van der Waals surface area contributed by atoms with Crippen molar-refractivity contribution in [1.29, 1.82) is 0 Å². The summed E-state index contributed by atoms with van der Waals surface area (Å²) in [5, 5.41) is 10.7. The van der Waals surface area contributed by atoms with Gasteiger partial charge in [0, 0.05) is 31.0 Å². The van der Waals surface area contributed by atoms with Crippen molar-refractivity contribution >= 4 is 11.4 Å². The number of rotatable bonds is 2. The van der Waals surface area contributed by atoms with Gasteiger partial charge in [-0.05, 0) is 6.07 Å². The van der Waals surface area contributed by atoms with E-state index < -0.39 is 16.5 Å². The predicted octanol–water partition coefficient (Wildman–Crippen LogP) is 2.71. The van der Waals surface area contributed by atoms with Crippen LogP contribution in [0.25, 0.3) is 0 Å². The number of nitro benzene ring substituents is 1. The molecule has 2 fully saturated rings. The molecule has 0 bridgehead atoms. The Morgan fingerprint density at radius 1 is 1.32 bits per heavy atom. The molecule has 6 nitrogen and oxygen atoms in total. The summed E-state index contributed by atoms with van der Waals surface area (Å²) in [7, 11) is 0. The molecule has 0 unspecified atom stereocenters. The Bertz CT molecular complexity index is 599. The standard InChI is InChI=1S/C15H19FN2O4/c1-14(2)10-17(6-5-15(14)21-7-8-22-15)13-4-3-11(18(19)20)9-12(13)16/h3-4,9H,5-8,10H2,1-2H3. The Balaban J connectivity index is 1.84. The van der Waals surface area contributed by atoms with Gasteiger partial charge in [0.25, 0.3) is 5.69 Å². The molecule has 0 aliphatic carbocycles. The Hall–Kier alpha value is -1.73. The Kier molecular flexibility index (Phi) is 3.57. The summed E-state index contributed by atoms with van der Waals surface area (Å²) < 4.78 is 25.9. The summed E-state index contributed by atoms with van der Waals surface area (Å²) in [6.45, 7) is 6.37. The molecule has 0 atom stereocenters. The number of anilines is 1. The van der Waals surface area contributed by atoms with Crippen molar-refractivity contribution < 1.29 is 18.8 Å². The summed E-state index contributed by atoms with van der Waals surface area (Å²) in [5.41, 5.74) is -0.168. The van der Waals surface area contributed by atoms with Gasteiger partial charge >= 0.3 is 0 Å². The van der Waals surface area contributed by atoms with Crippen molar-refractivity contribution in [2.75, 3.05) is 31.2 Å². The topological polar surface area (TPSA) is 64.8 Å². The van der Waals surface area contributed by atoms with E-state index in [0.717, 1.165) is 6.07 Å². The lowest BCUT2D eigenvalue weighted by molar-refractivity contribution is -0.385. The van der Waals surface area contributed by atoms with E-state index in [2.05, 4.69) is 0 Å². The minimum atomic E-state index is -0.610. The predicted molar refractivity (Wildman–Crippen MR) is 78.3 cm³/mol. The summed E-state index contributed by atoms with van der Waals surface area (Å²) in [5.74, 6) is -1.19. The summed E-state index contributed by atoms with van der Waals surface area (Å²) in [4.78, 5) is 12.0. The van der Waals surface area contributed by atoms with Crippen LogP contribution in [0.15, 0.2) is 18.2 Å². The average molecular weight is 310 g/mol. The molecule has 0 N–H and O–H groups in total. The molecular weight excluding hydrogens is 291 g/mol. The van der Waals surface area contributed by atoms with Crippen molar-refractivity contribution in [3.63, 3.8) is 0 Å². The molecule has 1 aromatic carbocycles. The van der Waals surface area contributed by atoms with Crippen molar-refractivity contribution in [3.8, 4) is 0 Å². The highest BCUT2D eigenvalue weighted by Crippen LogP contribution is 2.45. The Morgan fingerprint density at radius 2 is 2.00 bits per heavy atom. The summed E-state index contributed by atoms with van der Waals surface area (Å²) in [6, 6.07) is 3.77. The zero-order valence-electron chi connectivity index (χ0n) is 12.7. The molecule has 2 aliphatic rings. The summed E-state index contributed by atoms with van der Waals surface area (Å²) in [6.07, 6.45) is 0.635. The lowest BCUT2D eigenvalue weighted by Gasteiger charge is -2.50. The van der Waals surface area contributed by atoms with E-state index in [-0.39, 0.29) is 11.1 Å². The van der Waals surface area contributed by atoms with Gasteiger partial charge < -0.3 is 14.4 Å². The monoisotopic (exact) mass is 310 g/mol. The van der Waals surface area contributed by atoms with Crippen LogP contribution in [-0.4, -0.2) is 37.0 Å². The van der Waals surface area contributed by atoms with Crippen LogP contribution in [0.3, 0.4) is 0 Å². The van der Waals surface area contributed by atoms with Gasteiger partial charge in [-0.3, -0.25) is 10.1 Å². The molecule has 2 saturated heterocycles. The largest absolute Gasteiger partial charge is 0.368 e. The van der Waals surface area contributed by atoms with Crippen LogP contribution in [0.5, 0.6) is 0 Å². The first-order valence-corrected chi connectivity index (χ1v) is 7.31. The lowest BCUT2D eigenvalue weighted by Crippen LogP contribution is -2.58. The number of halogens is 1. The van der Waals surface area contributed by atoms with E-state index in [1.54, 1.807) is 0 Å². The molecule has 0 amide bonds. The Labute approximate surface area is 128 Å². The number of hydrogen-bond donors (Lipinski definition) is 0. The molecule has 1 aromatic rings. The smallest absolute Gasteiger partial charge is 0.272 e. The van der Waals surface area contributed by atoms with Crippen LogP contribution in [0.2, 0.25) is 0 Å². The molecule has 2 aliphatic heterocycles. The van der Waals surface area contributed by atoms with Gasteiger partial charge in [0.05, 0.1) is 29.9 Å². The first-order valence-electron chi connectivity index (χ1n) is 7.31. The van der Waals surface area contributed by atoms with Gasteiger partial charge in [-0.25, -0.2) is 4.39 Å². The third-order valence-electron chi connectivity index (χ3n) is 4.56. The quantitative estimate of drug-likeness (QED) is 0.621. The number of piperidine rings is 1. The van der Waals surface area contributed by atoms with Crippen molar-refractivity contribution in [2.24, 2.45) is 5.41 Å². The number of nitrogens with zero attached hydrogens (tertiary/aromatic N) is 2. The maximum Gasteiger partial charge on any atom is 0.272 e. The lowest BCUT2D eigenvalue weighted by atomic mass is 9.77. The highest BCUT2D eigenvalue weighted by Gasteiger charge is 2.53. The summed E-state index contributed by atoms with van der Waals surface area (Å²) >= 11 is 0. The first kappa shape index (κ1) is 15.2. The number of non-ortho nitro benzene ring substituents is 1. The zero-order valence-corrected chi connectivity index (χ0v) is 12.7. The first-order chi connectivity index (χ1) is 10.3. The molecule has 1 spiro atoms. The fourth-order valence-electron chi connectivity index (χ4n) is 3.36. The average Bonchev–Trinajstić information content (AvgIpc) is 2.92. The van der Waals surface area contributed by atoms with Crippen LogP contribution >= 0.6 is 0 Å². The van der Waals surface area contributed by atoms with Crippen LogP contribution in [0, 0.1) is 21.3 Å². The van der Waals surface area contributed by atoms with Crippen molar-refractivity contribution in [3.05, 3.63) is 34.1 Å². The van der Waals surface area contributed by atoms with E-state index in [4.69, 9.17) is 9.47 Å². The van der Waals surface area contributed by atoms with Crippen LogP contribution in [-0.2, 0) is 9.47 Å². The minimum absolute atomic E-state index is 0.239. The number of hydrogen-bond acceptors (Lipinski definition) is 5. The third kappa shape index (κ3) is 2.34. The second kappa shape index (κ2) is 5.17. The molecule has 22 heavy (non-hydrogen) atoms. The number of benzene rings is 1. The maximum atomic E-state index is 14.2. The third-order valence-corrected chi connectivity index (χ3v) is 4.56. The van der Waals surface area contributed by atoms with Crippen LogP contribution < -0.4 is 4.90 Å². The number of ether oxygens (including phenoxy) is 2. The van der Waals surface area contributed by atoms with E-state index in [1.807, 2.05) is 18.7 Å². The molecule has 2 heterocycles. The van der Waals surface area contributed by atoms with E-state index in [1.165, 1.54) is 12.1 Å². The molecule has 0 saturated carbocycles. The van der Waals surface area contributed by atoms with E-state index in [0.29, 0.717) is 38.4 Å². The minimum Gasteiger partial charge on any atom is -0.368 e. The van der Waals surface area contributed by atoms with Gasteiger partial charge in [-0.1, -0.05) is 13.8 Å². The van der Waals surface area contributed by atoms with E-state index in [9.17, 15) is 14.5 Å². The molecule has 7 heteroatoms. The zero-order chi connectivity index (χ0) is 16.0. The van der Waals surface area contributed by atoms with Gasteiger partial charge in [-0.15, -0.1) is 0 Å². The van der Waals surface area contributed by atoms with E-state index >= 15 is 0 Å². The van der Waals surface area contributed by atoms with Gasteiger partial charge in [0.15, 0.2) is 11.6 Å². The van der Waals surface area contributed by atoms with Gasteiger partial charge in [0.1, 0.15) is 0 Å². The number of nitro groups is 1. The van der Waals surface area contributed by atoms with Crippen LogP contribution in [0.1, 0.15) is 20.3 Å². The molecule has 120 valence electrons. The molecule has 0 radical (unpaired) electrons. The van der Waals surface area contributed by atoms with Crippen LogP contribution in [0.4, 0.5) is 15.8 Å². The fraction of sp³-hybridized carbons (Fsp3) is 0.600. The van der Waals surface area contributed by atoms with Gasteiger partial charge in [-0.2, -0.15) is 0 Å². The molecule has 3 rings (SSSR count). The molecule has 0 aromatic heterocycles. The maximum absolute atomic E-state index is 14.2. The normalized spacial score (nSPS) is 23.0. The highest BCUT2D eigenvalue weighted by atomic mass is 19.1. The second-order valence-corrected chi connectivity index (χ2v) is 6.40. The fourth-order valence-corrected chi connectivity index (χ4v) is 3.36.